The summed E-state index contributed by atoms with van der Waals surface area (Å²) in [5.74, 6) is 0.905. The lowest BCUT2D eigenvalue weighted by atomic mass is 10.1. The van der Waals surface area contributed by atoms with Gasteiger partial charge in [-0.25, -0.2) is 15.0 Å². The lowest BCUT2D eigenvalue weighted by Crippen LogP contribution is -2.30. The van der Waals surface area contributed by atoms with E-state index in [1.807, 2.05) is 109 Å². The molecule has 0 atom stereocenters. The molecular weight excluding hydrogens is 465 g/mol. The first-order chi connectivity index (χ1) is 17.6. The summed E-state index contributed by atoms with van der Waals surface area (Å²) in [4.78, 5) is 14.4. The van der Waals surface area contributed by atoms with Gasteiger partial charge >= 0.3 is 0 Å². The number of hydrogen-bond donors (Lipinski definition) is 2. The fraction of sp³-hybridized carbons (Fsp3) is 0.0690. The highest BCUT2D eigenvalue weighted by molar-refractivity contribution is 7.84. The first-order valence-corrected chi connectivity index (χ1v) is 13.4. The van der Waals surface area contributed by atoms with E-state index in [-0.39, 0.29) is 5.57 Å². The van der Waals surface area contributed by atoms with Gasteiger partial charge in [0.25, 0.3) is 0 Å². The van der Waals surface area contributed by atoms with E-state index in [1.54, 1.807) is 0 Å². The highest BCUT2D eigenvalue weighted by Crippen LogP contribution is 2.41. The smallest absolute Gasteiger partial charge is 0.206 e. The zero-order valence-corrected chi connectivity index (χ0v) is 20.6. The van der Waals surface area contributed by atoms with Crippen LogP contribution in [0.4, 0.5) is 0 Å². The molecule has 1 aromatic heterocycles. The molecule has 0 saturated carbocycles. The lowest BCUT2D eigenvalue weighted by Gasteiger charge is -2.19. The zero-order valence-electron chi connectivity index (χ0n) is 19.7. The summed E-state index contributed by atoms with van der Waals surface area (Å²) in [6.07, 6.45) is 0. The highest BCUT2D eigenvalue weighted by Gasteiger charge is 2.34. The Morgan fingerprint density at radius 3 is 1.28 bits per heavy atom. The maximum atomic E-state index is 15.0. The van der Waals surface area contributed by atoms with Gasteiger partial charge in [-0.3, -0.25) is 0 Å². The fourth-order valence-corrected chi connectivity index (χ4v) is 6.41. The van der Waals surface area contributed by atoms with Crippen LogP contribution in [0.25, 0.3) is 22.8 Å². The third kappa shape index (κ3) is 4.62. The van der Waals surface area contributed by atoms with Crippen LogP contribution >= 0.6 is 7.14 Å². The Morgan fingerprint density at radius 2 is 0.917 bits per heavy atom. The number of benzene rings is 4. The van der Waals surface area contributed by atoms with Crippen LogP contribution in [0.15, 0.2) is 109 Å². The molecule has 178 valence electrons. The van der Waals surface area contributed by atoms with Crippen molar-refractivity contribution in [1.29, 1.82) is 0 Å². The van der Waals surface area contributed by atoms with Gasteiger partial charge in [0.15, 0.2) is 11.6 Å². The molecule has 5 rings (SSSR count). The maximum absolute atomic E-state index is 15.0. The van der Waals surface area contributed by atoms with Crippen LogP contribution in [0, 0.1) is 0 Å². The molecule has 0 aliphatic heterocycles. The molecule has 0 fully saturated rings. The second-order valence-corrected chi connectivity index (χ2v) is 11.0. The average molecular weight is 492 g/mol. The van der Waals surface area contributed by atoms with E-state index in [1.165, 1.54) is 0 Å². The fourth-order valence-electron chi connectivity index (χ4n) is 4.00. The first kappa shape index (κ1) is 23.8. The summed E-state index contributed by atoms with van der Waals surface area (Å²) in [5, 5.41) is 1.33. The van der Waals surface area contributed by atoms with Crippen LogP contribution in [0.3, 0.4) is 0 Å². The summed E-state index contributed by atoms with van der Waals surface area (Å²) >= 11 is 0. The van der Waals surface area contributed by atoms with Gasteiger partial charge in [0, 0.05) is 34.8 Å². The summed E-state index contributed by atoms with van der Waals surface area (Å²) in [7, 11) is -3.40. The first-order valence-electron chi connectivity index (χ1n) is 11.7. The van der Waals surface area contributed by atoms with Gasteiger partial charge in [0.1, 0.15) is 0 Å². The Morgan fingerprint density at radius 1 is 0.528 bits per heavy atom. The molecule has 36 heavy (non-hydrogen) atoms. The summed E-state index contributed by atoms with van der Waals surface area (Å²) in [6.45, 7) is 0.886. The van der Waals surface area contributed by atoms with Crippen LogP contribution in [0.2, 0.25) is 0 Å². The predicted molar refractivity (Wildman–Crippen MR) is 146 cm³/mol. The van der Waals surface area contributed by atoms with Crippen molar-refractivity contribution in [3.8, 4) is 22.8 Å². The molecule has 0 spiro atoms. The van der Waals surface area contributed by atoms with E-state index < -0.39 is 7.14 Å². The van der Waals surface area contributed by atoms with Crippen molar-refractivity contribution in [3.05, 3.63) is 120 Å². The normalized spacial score (nSPS) is 11.4. The number of nitrogens with zero attached hydrogens (tertiary/aromatic N) is 3. The van der Waals surface area contributed by atoms with Gasteiger partial charge in [-0.05, 0) is 11.1 Å². The molecule has 4 aromatic carbocycles. The molecule has 0 unspecified atom stereocenters. The van der Waals surface area contributed by atoms with Gasteiger partial charge in [0.05, 0.1) is 0 Å². The van der Waals surface area contributed by atoms with Crippen LogP contribution in [-0.4, -0.2) is 15.0 Å². The minimum absolute atomic E-state index is 0.241. The maximum Gasteiger partial charge on any atom is 0.206 e. The quantitative estimate of drug-likeness (QED) is 0.336. The van der Waals surface area contributed by atoms with Gasteiger partial charge < -0.3 is 16.0 Å². The van der Waals surface area contributed by atoms with Crippen molar-refractivity contribution < 1.29 is 4.57 Å². The molecule has 0 amide bonds. The largest absolute Gasteiger partial charge is 0.326 e. The standard InChI is InChI=1S/C29H26N5OP/c30-19-21-11-15-23(16-12-21)27-32-28(24-17-13-22(20-31)14-18-24)34-29(33-27)36(35,25-7-3-1-4-8-25)26-9-5-2-6-10-26/h1-18H,19-20,30-31H2. The topological polar surface area (TPSA) is 108 Å². The van der Waals surface area contributed by atoms with E-state index in [9.17, 15) is 0 Å². The summed E-state index contributed by atoms with van der Waals surface area (Å²) in [6, 6.07) is 34.3. The van der Waals surface area contributed by atoms with Crippen molar-refractivity contribution >= 4 is 23.3 Å². The van der Waals surface area contributed by atoms with Gasteiger partial charge in [-0.15, -0.1) is 0 Å². The summed E-state index contributed by atoms with van der Waals surface area (Å²) in [5.41, 5.74) is 15.4. The van der Waals surface area contributed by atoms with Crippen molar-refractivity contribution in [2.45, 2.75) is 13.1 Å². The number of nitrogens with two attached hydrogens (primary N) is 2. The van der Waals surface area contributed by atoms with E-state index in [2.05, 4.69) is 0 Å². The van der Waals surface area contributed by atoms with E-state index in [0.29, 0.717) is 35.3 Å². The molecular formula is C29H26N5OP. The molecule has 4 N–H and O–H groups in total. The number of hydrogen-bond acceptors (Lipinski definition) is 6. The molecule has 0 radical (unpaired) electrons. The zero-order chi connectivity index (χ0) is 25.0. The molecule has 0 saturated heterocycles. The Balaban J connectivity index is 1.77. The minimum Gasteiger partial charge on any atom is -0.326 e. The predicted octanol–water partition coefficient (Wildman–Crippen LogP) is 3.76. The molecule has 0 aliphatic carbocycles. The molecule has 7 heteroatoms. The highest BCUT2D eigenvalue weighted by atomic mass is 31.2. The lowest BCUT2D eigenvalue weighted by molar-refractivity contribution is 0.591. The second-order valence-electron chi connectivity index (χ2n) is 8.37. The van der Waals surface area contributed by atoms with Crippen molar-refractivity contribution in [1.82, 2.24) is 15.0 Å². The Labute approximate surface area is 210 Å². The van der Waals surface area contributed by atoms with Crippen molar-refractivity contribution in [3.63, 3.8) is 0 Å². The third-order valence-electron chi connectivity index (χ3n) is 6.04. The third-order valence-corrected chi connectivity index (χ3v) is 8.85. The minimum atomic E-state index is -3.40. The average Bonchev–Trinajstić information content (AvgIpc) is 2.97. The van der Waals surface area contributed by atoms with Crippen LogP contribution in [0.5, 0.6) is 0 Å². The number of aromatic nitrogens is 3. The van der Waals surface area contributed by atoms with Gasteiger partial charge in [-0.2, -0.15) is 0 Å². The molecule has 6 nitrogen and oxygen atoms in total. The van der Waals surface area contributed by atoms with Gasteiger partial charge in [-0.1, -0.05) is 109 Å². The monoisotopic (exact) mass is 491 g/mol. The SMILES string of the molecule is NCc1ccc(-c2nc(-c3ccc(CN)cc3)nc(P(=O)(c3ccccc3)c3ccccc3)n2)cc1. The van der Waals surface area contributed by atoms with Crippen LogP contribution in [0.1, 0.15) is 11.1 Å². The summed E-state index contributed by atoms with van der Waals surface area (Å²) < 4.78 is 15.0. The molecule has 0 aliphatic rings. The second kappa shape index (κ2) is 10.3. The molecule has 0 bridgehead atoms. The molecule has 1 heterocycles. The van der Waals surface area contributed by atoms with Crippen molar-refractivity contribution in [2.24, 2.45) is 11.5 Å². The number of rotatable bonds is 7. The van der Waals surface area contributed by atoms with Crippen molar-refractivity contribution in [2.75, 3.05) is 0 Å². The Kier molecular flexibility index (Phi) is 6.83. The van der Waals surface area contributed by atoms with E-state index in [0.717, 1.165) is 22.3 Å². The van der Waals surface area contributed by atoms with E-state index in [4.69, 9.17) is 26.4 Å². The Bertz CT molecular complexity index is 1400. The van der Waals surface area contributed by atoms with E-state index >= 15 is 4.57 Å². The van der Waals surface area contributed by atoms with Gasteiger partial charge in [0.2, 0.25) is 12.7 Å². The Hall–Kier alpha value is -3.96. The van der Waals surface area contributed by atoms with Crippen LogP contribution in [-0.2, 0) is 17.7 Å². The molecule has 5 aromatic rings. The van der Waals surface area contributed by atoms with Crippen LogP contribution < -0.4 is 27.6 Å².